The molecule has 0 amide bonds. The van der Waals surface area contributed by atoms with Gasteiger partial charge >= 0.3 is 0 Å². The Morgan fingerprint density at radius 1 is 0.391 bits per heavy atom. The van der Waals surface area contributed by atoms with E-state index in [1.807, 2.05) is 93.6 Å². The van der Waals surface area contributed by atoms with Crippen molar-refractivity contribution in [2.24, 2.45) is 62.3 Å². The molecular weight excluding hydrogens is 841 g/mol. The minimum absolute atomic E-state index is 0. The summed E-state index contributed by atoms with van der Waals surface area (Å²) in [7, 11) is 15.3. The zero-order valence-electron chi connectivity index (χ0n) is 54.9. The summed E-state index contributed by atoms with van der Waals surface area (Å²) in [6.07, 6.45) is 0. The van der Waals surface area contributed by atoms with Crippen LogP contribution in [0, 0.1) is 47.3 Å². The van der Waals surface area contributed by atoms with Gasteiger partial charge in [-0.25, -0.2) is 0 Å². The van der Waals surface area contributed by atoms with Crippen LogP contribution < -0.4 is 0 Å². The van der Waals surface area contributed by atoms with Crippen LogP contribution >= 0.6 is 0 Å². The van der Waals surface area contributed by atoms with Crippen molar-refractivity contribution in [1.29, 1.82) is 0 Å². The van der Waals surface area contributed by atoms with Gasteiger partial charge < -0.3 is 19.8 Å². The average Bonchev–Trinajstić information content (AvgIpc) is 2.98. The first-order valence-corrected chi connectivity index (χ1v) is 25.9. The SMILES string of the molecule is C.C.C=C(C)C.C=C(C)C.C=NC.C=NC.CC(C)=C(C(C)C)C(C)C.CC(C)=NC(C)C.CC(C)C.CC(C)C.CC(C)C(C(C)C)C(C)C.CC(C)N(C(C)C)C(C)C.CN(C)C.CN(C)C. The van der Waals surface area contributed by atoms with Crippen LogP contribution in [-0.4, -0.2) is 114 Å². The molecule has 0 radical (unpaired) electrons. The number of nitrogens with zero attached hydrogens (tertiary/aromatic N) is 6. The van der Waals surface area contributed by atoms with Crippen LogP contribution in [0.3, 0.4) is 0 Å². The maximum atomic E-state index is 4.19. The van der Waals surface area contributed by atoms with Crippen LogP contribution in [0.2, 0.25) is 0 Å². The summed E-state index contributed by atoms with van der Waals surface area (Å²) in [5.41, 5.74) is 6.60. The van der Waals surface area contributed by atoms with Crippen molar-refractivity contribution in [3.63, 3.8) is 0 Å². The van der Waals surface area contributed by atoms with Crippen molar-refractivity contribution in [2.75, 3.05) is 56.4 Å². The predicted molar refractivity (Wildman–Crippen MR) is 343 cm³/mol. The smallest absolute Gasteiger partial charge is 0.0442 e. The molecule has 69 heavy (non-hydrogen) atoms. The van der Waals surface area contributed by atoms with E-state index in [-0.39, 0.29) is 14.9 Å². The Kier molecular flexibility index (Phi) is 113. The van der Waals surface area contributed by atoms with Gasteiger partial charge in [-0.1, -0.05) is 148 Å². The monoisotopic (exact) mass is 989 g/mol. The molecule has 0 aromatic heterocycles. The highest BCUT2D eigenvalue weighted by Crippen LogP contribution is 2.27. The quantitative estimate of drug-likeness (QED) is 0.171. The van der Waals surface area contributed by atoms with Crippen LogP contribution in [0.5, 0.6) is 0 Å². The van der Waals surface area contributed by atoms with Gasteiger partial charge in [-0.15, -0.1) is 13.2 Å². The van der Waals surface area contributed by atoms with E-state index < -0.39 is 0 Å². The number of hydrogen-bond acceptors (Lipinski definition) is 6. The third-order valence-corrected chi connectivity index (χ3v) is 6.44. The first-order chi connectivity index (χ1) is 29.7. The largest absolute Gasteiger partial charge is 0.312 e. The molecule has 0 spiro atoms. The Morgan fingerprint density at radius 3 is 0.536 bits per heavy atom. The third kappa shape index (κ3) is 187. The second-order valence-corrected chi connectivity index (χ2v) is 23.2. The highest BCUT2D eigenvalue weighted by Gasteiger charge is 2.20. The lowest BCUT2D eigenvalue weighted by molar-refractivity contribution is 0.133. The minimum atomic E-state index is 0. The topological polar surface area (TPSA) is 46.8 Å². The normalized spacial score (nSPS) is 9.38. The van der Waals surface area contributed by atoms with Crippen LogP contribution in [0.1, 0.15) is 236 Å². The van der Waals surface area contributed by atoms with Gasteiger partial charge in [0.1, 0.15) is 0 Å². The summed E-state index contributed by atoms with van der Waals surface area (Å²) in [6, 6.07) is 2.46. The molecule has 6 nitrogen and oxygen atoms in total. The molecule has 430 valence electrons. The Hall–Kier alpha value is -1.89. The van der Waals surface area contributed by atoms with Crippen molar-refractivity contribution in [3.05, 3.63) is 35.5 Å². The van der Waals surface area contributed by atoms with Crippen molar-refractivity contribution < 1.29 is 0 Å². The highest BCUT2D eigenvalue weighted by atomic mass is 15.2. The van der Waals surface area contributed by atoms with E-state index in [0.717, 1.165) is 41.2 Å². The van der Waals surface area contributed by atoms with Crippen LogP contribution in [0.25, 0.3) is 0 Å². The molecule has 0 heterocycles. The molecule has 6 heteroatoms. The molecule has 0 fully saturated rings. The summed E-state index contributed by atoms with van der Waals surface area (Å²) in [6.45, 7) is 83.3. The third-order valence-electron chi connectivity index (χ3n) is 6.44. The molecule has 0 aliphatic heterocycles. The van der Waals surface area contributed by atoms with Crippen molar-refractivity contribution in [2.45, 2.75) is 261 Å². The maximum absolute atomic E-state index is 4.19. The fourth-order valence-electron chi connectivity index (χ4n) is 6.44. The molecule has 0 atom stereocenters. The first-order valence-electron chi connectivity index (χ1n) is 25.9. The van der Waals surface area contributed by atoms with Gasteiger partial charge in [-0.05, 0) is 214 Å². The van der Waals surface area contributed by atoms with Crippen LogP contribution in [0.4, 0.5) is 0 Å². The molecule has 0 unspecified atom stereocenters. The number of hydrogen-bond donors (Lipinski definition) is 0. The average molecular weight is 990 g/mol. The first kappa shape index (κ1) is 104. The van der Waals surface area contributed by atoms with Gasteiger partial charge in [0.2, 0.25) is 0 Å². The molecule has 0 saturated heterocycles. The molecular formula is C63H148N6. The van der Waals surface area contributed by atoms with Crippen LogP contribution in [0.15, 0.2) is 50.4 Å². The second-order valence-electron chi connectivity index (χ2n) is 23.2. The second kappa shape index (κ2) is 75.0. The molecule has 0 rings (SSSR count). The fourth-order valence-corrected chi connectivity index (χ4v) is 6.44. The van der Waals surface area contributed by atoms with Gasteiger partial charge in [-0.2, -0.15) is 0 Å². The van der Waals surface area contributed by atoms with Gasteiger partial charge in [0.25, 0.3) is 0 Å². The lowest BCUT2D eigenvalue weighted by Gasteiger charge is -2.34. The highest BCUT2D eigenvalue weighted by molar-refractivity contribution is 5.79. The molecule has 0 aromatic rings. The van der Waals surface area contributed by atoms with E-state index in [4.69, 9.17) is 0 Å². The Morgan fingerprint density at radius 2 is 0.536 bits per heavy atom. The zero-order chi connectivity index (χ0) is 57.7. The summed E-state index contributed by atoms with van der Waals surface area (Å²) in [4.78, 5) is 17.2. The van der Waals surface area contributed by atoms with Crippen LogP contribution in [-0.2, 0) is 0 Å². The van der Waals surface area contributed by atoms with Crippen molar-refractivity contribution in [1.82, 2.24) is 14.7 Å². The molecule has 0 N–H and O–H groups in total. The zero-order valence-corrected chi connectivity index (χ0v) is 54.9. The Bertz CT molecular complexity index is 879. The summed E-state index contributed by atoms with van der Waals surface area (Å²) < 4.78 is 0. The summed E-state index contributed by atoms with van der Waals surface area (Å²) in [5.74, 6) is 6.48. The lowest BCUT2D eigenvalue weighted by atomic mass is 9.78. The van der Waals surface area contributed by atoms with E-state index in [9.17, 15) is 0 Å². The molecule has 0 saturated carbocycles. The van der Waals surface area contributed by atoms with E-state index in [0.29, 0.717) is 36.0 Å². The molecule has 0 aliphatic rings. The number of aliphatic imine (C=N–C) groups is 3. The molecule has 0 bridgehead atoms. The lowest BCUT2D eigenvalue weighted by Crippen LogP contribution is -2.42. The summed E-state index contributed by atoms with van der Waals surface area (Å²) in [5, 5.41) is 0. The number of rotatable bonds is 9. The van der Waals surface area contributed by atoms with E-state index in [1.54, 1.807) is 19.7 Å². The number of allylic oxidation sites excluding steroid dienone is 4. The molecule has 0 aromatic carbocycles. The summed E-state index contributed by atoms with van der Waals surface area (Å²) >= 11 is 0. The van der Waals surface area contributed by atoms with E-state index in [1.165, 1.54) is 16.7 Å². The standard InChI is InChI=1S/C10H22.C10H20.C9H21N.C6H13N.2C4H10.2C4H8.2C3H9N.2C2H5N.2CH4/c3*1-7(2)10(8(3)4)9(5)6;1-5(2)7-6(3)4;6*1-4(2)3;2*1-3-2;;/h7-10H,1-6H3;7-8H,1-6H3;7-9H,1-6H3;5H,1-4H3;2*4H,1-3H3;2*1H2,2-3H3;2*1-3H3;2*1H2,2H3;2*1H4. The van der Waals surface area contributed by atoms with Gasteiger partial charge in [-0.3, -0.25) is 9.89 Å². The van der Waals surface area contributed by atoms with Crippen molar-refractivity contribution in [3.8, 4) is 0 Å². The Labute approximate surface area is 446 Å². The predicted octanol–water partition coefficient (Wildman–Crippen LogP) is 20.3. The fraction of sp³-hybridized carbons (Fsp3) is 0.857. The molecule has 0 aliphatic carbocycles. The van der Waals surface area contributed by atoms with Gasteiger partial charge in [0.05, 0.1) is 0 Å². The minimum Gasteiger partial charge on any atom is -0.312 e. The maximum Gasteiger partial charge on any atom is 0.0442 e. The Balaban J connectivity index is -0.0000000409. The van der Waals surface area contributed by atoms with E-state index >= 15 is 0 Å². The van der Waals surface area contributed by atoms with E-state index in [2.05, 4.69) is 226 Å². The van der Waals surface area contributed by atoms with Crippen molar-refractivity contribution >= 4 is 19.1 Å². The van der Waals surface area contributed by atoms with Gasteiger partial charge in [0, 0.05) is 44.0 Å². The van der Waals surface area contributed by atoms with Gasteiger partial charge in [0.15, 0.2) is 0 Å².